The number of carbonyl (C=O) groups excluding carboxylic acids is 2. The summed E-state index contributed by atoms with van der Waals surface area (Å²) in [7, 11) is 3.68. The second-order valence-corrected chi connectivity index (χ2v) is 5.55. The Kier molecular flexibility index (Phi) is 6.98. The molecule has 0 spiro atoms. The van der Waals surface area contributed by atoms with Crippen LogP contribution in [0.25, 0.3) is 0 Å². The normalized spacial score (nSPS) is 11.5. The van der Waals surface area contributed by atoms with E-state index in [9.17, 15) is 9.59 Å². The van der Waals surface area contributed by atoms with Crippen LogP contribution in [-0.4, -0.2) is 38.6 Å². The molecular weight excluding hydrogens is 304 g/mol. The Morgan fingerprint density at radius 1 is 1.32 bits per heavy atom. The van der Waals surface area contributed by atoms with Crippen molar-refractivity contribution in [2.24, 2.45) is 0 Å². The summed E-state index contributed by atoms with van der Waals surface area (Å²) in [5, 5.41) is 8.59. The number of halogens is 1. The fourth-order valence-corrected chi connectivity index (χ4v) is 2.24. The molecule has 0 radical (unpaired) electrons. The number of hydrogen-bond acceptors (Lipinski definition) is 3. The zero-order valence-corrected chi connectivity index (χ0v) is 14.1. The number of nitrogens with zero attached hydrogens (tertiary/aromatic N) is 1. The Hall–Kier alpha value is -1.95. The lowest BCUT2D eigenvalue weighted by atomic mass is 10.2. The first kappa shape index (κ1) is 18.1. The van der Waals surface area contributed by atoms with Crippen LogP contribution in [0.15, 0.2) is 18.2 Å². The van der Waals surface area contributed by atoms with Gasteiger partial charge in [-0.05, 0) is 25.5 Å². The van der Waals surface area contributed by atoms with Gasteiger partial charge in [0.25, 0.3) is 0 Å². The standard InChI is InChI=1S/C15H23ClN4O2/c1-5-9-17-14(21)10(2)18-15(22)19-12-8-6-7-11(16)13(12)20(3)4/h6-8,10H,5,9H2,1-4H3,(H,17,21)(H2,18,19,22). The molecule has 0 aliphatic carbocycles. The predicted molar refractivity (Wildman–Crippen MR) is 90.7 cm³/mol. The third-order valence-corrected chi connectivity index (χ3v) is 3.28. The van der Waals surface area contributed by atoms with Gasteiger partial charge in [-0.1, -0.05) is 24.6 Å². The lowest BCUT2D eigenvalue weighted by Gasteiger charge is -2.20. The Morgan fingerprint density at radius 2 is 2.00 bits per heavy atom. The summed E-state index contributed by atoms with van der Waals surface area (Å²) < 4.78 is 0. The maximum atomic E-state index is 12.0. The second-order valence-electron chi connectivity index (χ2n) is 5.14. The first-order chi connectivity index (χ1) is 10.4. The first-order valence-electron chi connectivity index (χ1n) is 7.17. The number of hydrogen-bond donors (Lipinski definition) is 3. The summed E-state index contributed by atoms with van der Waals surface area (Å²) >= 11 is 6.14. The SMILES string of the molecule is CCCNC(=O)C(C)NC(=O)Nc1cccc(Cl)c1N(C)C. The molecule has 0 saturated carbocycles. The van der Waals surface area contributed by atoms with Crippen molar-refractivity contribution in [3.8, 4) is 0 Å². The summed E-state index contributed by atoms with van der Waals surface area (Å²) in [5.74, 6) is -0.212. The van der Waals surface area contributed by atoms with E-state index in [0.29, 0.717) is 22.9 Å². The minimum absolute atomic E-state index is 0.212. The lowest BCUT2D eigenvalue weighted by molar-refractivity contribution is -0.122. The molecule has 0 aliphatic heterocycles. The van der Waals surface area contributed by atoms with Gasteiger partial charge in [0.1, 0.15) is 6.04 Å². The quantitative estimate of drug-likeness (QED) is 0.751. The van der Waals surface area contributed by atoms with E-state index < -0.39 is 12.1 Å². The van der Waals surface area contributed by atoms with Gasteiger partial charge < -0.3 is 20.9 Å². The van der Waals surface area contributed by atoms with Crippen molar-refractivity contribution in [2.45, 2.75) is 26.3 Å². The maximum absolute atomic E-state index is 12.0. The van der Waals surface area contributed by atoms with Crippen LogP contribution in [0.2, 0.25) is 5.02 Å². The highest BCUT2D eigenvalue weighted by Crippen LogP contribution is 2.32. The fourth-order valence-electron chi connectivity index (χ4n) is 1.89. The molecule has 22 heavy (non-hydrogen) atoms. The summed E-state index contributed by atoms with van der Waals surface area (Å²) in [6.45, 7) is 4.19. The van der Waals surface area contributed by atoms with Gasteiger partial charge in [0.15, 0.2) is 0 Å². The molecule has 7 heteroatoms. The molecule has 6 nitrogen and oxygen atoms in total. The summed E-state index contributed by atoms with van der Waals surface area (Å²) in [4.78, 5) is 25.6. The van der Waals surface area contributed by atoms with Crippen LogP contribution in [0.5, 0.6) is 0 Å². The molecular formula is C15H23ClN4O2. The van der Waals surface area contributed by atoms with Gasteiger partial charge in [0.05, 0.1) is 16.4 Å². The Labute approximate surface area is 136 Å². The molecule has 1 aromatic carbocycles. The van der Waals surface area contributed by atoms with E-state index in [1.165, 1.54) is 0 Å². The van der Waals surface area contributed by atoms with E-state index in [1.807, 2.05) is 25.9 Å². The Bertz CT molecular complexity index is 534. The van der Waals surface area contributed by atoms with Crippen molar-refractivity contribution in [2.75, 3.05) is 30.9 Å². The van der Waals surface area contributed by atoms with Crippen LogP contribution in [0.1, 0.15) is 20.3 Å². The monoisotopic (exact) mass is 326 g/mol. The first-order valence-corrected chi connectivity index (χ1v) is 7.55. The van der Waals surface area contributed by atoms with Crippen molar-refractivity contribution >= 4 is 34.9 Å². The van der Waals surface area contributed by atoms with E-state index in [1.54, 1.807) is 25.1 Å². The molecule has 1 aromatic rings. The largest absolute Gasteiger partial charge is 0.375 e. The average Bonchev–Trinajstić information content (AvgIpc) is 2.44. The van der Waals surface area contributed by atoms with Gasteiger partial charge in [-0.15, -0.1) is 0 Å². The van der Waals surface area contributed by atoms with E-state index in [0.717, 1.165) is 6.42 Å². The zero-order chi connectivity index (χ0) is 16.7. The van der Waals surface area contributed by atoms with Crippen molar-refractivity contribution in [1.82, 2.24) is 10.6 Å². The van der Waals surface area contributed by atoms with Gasteiger partial charge in [-0.3, -0.25) is 4.79 Å². The molecule has 1 atom stereocenters. The molecule has 0 heterocycles. The summed E-state index contributed by atoms with van der Waals surface area (Å²) in [6.07, 6.45) is 0.847. The van der Waals surface area contributed by atoms with Gasteiger partial charge >= 0.3 is 6.03 Å². The summed E-state index contributed by atoms with van der Waals surface area (Å²) in [6, 6.07) is 4.18. The number of anilines is 2. The molecule has 3 N–H and O–H groups in total. The number of para-hydroxylation sites is 1. The van der Waals surface area contributed by atoms with Gasteiger partial charge in [-0.2, -0.15) is 0 Å². The average molecular weight is 327 g/mol. The minimum Gasteiger partial charge on any atom is -0.375 e. The molecule has 0 bridgehead atoms. The number of nitrogens with one attached hydrogen (secondary N) is 3. The summed E-state index contributed by atoms with van der Waals surface area (Å²) in [5.41, 5.74) is 1.29. The molecule has 1 rings (SSSR count). The molecule has 1 unspecified atom stereocenters. The number of urea groups is 1. The number of carbonyl (C=O) groups is 2. The van der Waals surface area contributed by atoms with Crippen LogP contribution < -0.4 is 20.9 Å². The van der Waals surface area contributed by atoms with Crippen molar-refractivity contribution in [1.29, 1.82) is 0 Å². The fraction of sp³-hybridized carbons (Fsp3) is 0.467. The number of rotatable bonds is 6. The van der Waals surface area contributed by atoms with Crippen LogP contribution in [0.3, 0.4) is 0 Å². The van der Waals surface area contributed by atoms with E-state index in [2.05, 4.69) is 16.0 Å². The van der Waals surface area contributed by atoms with Crippen molar-refractivity contribution < 1.29 is 9.59 Å². The molecule has 0 fully saturated rings. The Balaban J connectivity index is 2.70. The van der Waals surface area contributed by atoms with Gasteiger partial charge in [-0.25, -0.2) is 4.79 Å². The third-order valence-electron chi connectivity index (χ3n) is 2.97. The van der Waals surface area contributed by atoms with Crippen LogP contribution in [0, 0.1) is 0 Å². The zero-order valence-electron chi connectivity index (χ0n) is 13.4. The van der Waals surface area contributed by atoms with Gasteiger partial charge in [0.2, 0.25) is 5.91 Å². The molecule has 0 saturated heterocycles. The van der Waals surface area contributed by atoms with Gasteiger partial charge in [0, 0.05) is 20.6 Å². The van der Waals surface area contributed by atoms with Crippen LogP contribution in [0.4, 0.5) is 16.2 Å². The molecule has 0 aliphatic rings. The number of benzene rings is 1. The molecule has 3 amide bonds. The van der Waals surface area contributed by atoms with E-state index in [-0.39, 0.29) is 5.91 Å². The topological polar surface area (TPSA) is 73.5 Å². The highest BCUT2D eigenvalue weighted by atomic mass is 35.5. The van der Waals surface area contributed by atoms with Crippen molar-refractivity contribution in [3.63, 3.8) is 0 Å². The molecule has 122 valence electrons. The lowest BCUT2D eigenvalue weighted by Crippen LogP contribution is -2.46. The molecule has 0 aromatic heterocycles. The Morgan fingerprint density at radius 3 is 2.59 bits per heavy atom. The van der Waals surface area contributed by atoms with E-state index in [4.69, 9.17) is 11.6 Å². The van der Waals surface area contributed by atoms with E-state index >= 15 is 0 Å². The van der Waals surface area contributed by atoms with Crippen LogP contribution >= 0.6 is 11.6 Å². The minimum atomic E-state index is -0.617. The smallest absolute Gasteiger partial charge is 0.319 e. The number of amides is 3. The highest BCUT2D eigenvalue weighted by Gasteiger charge is 2.16. The maximum Gasteiger partial charge on any atom is 0.319 e. The highest BCUT2D eigenvalue weighted by molar-refractivity contribution is 6.34. The second kappa shape index (κ2) is 8.48. The van der Waals surface area contributed by atoms with Crippen LogP contribution in [-0.2, 0) is 4.79 Å². The third kappa shape index (κ3) is 5.11. The predicted octanol–water partition coefficient (Wildman–Crippen LogP) is 2.44. The van der Waals surface area contributed by atoms with Crippen molar-refractivity contribution in [3.05, 3.63) is 23.2 Å².